The van der Waals surface area contributed by atoms with Gasteiger partial charge in [0, 0.05) is 27.4 Å². The van der Waals surface area contributed by atoms with Crippen molar-refractivity contribution in [3.8, 4) is 22.6 Å². The SMILES string of the molecule is CCS(=O)(=O)c1ccc(CC(=O)Nc2ccc(-c3cccc(Cl)c3)c(Oc3ccc(Cl)cc3)c2)cc1. The van der Waals surface area contributed by atoms with E-state index in [1.165, 1.54) is 12.1 Å². The summed E-state index contributed by atoms with van der Waals surface area (Å²) in [6.07, 6.45) is 0.0931. The molecule has 1 N–H and O–H groups in total. The first kappa shape index (κ1) is 25.8. The molecule has 8 heteroatoms. The van der Waals surface area contributed by atoms with Gasteiger partial charge in [0.1, 0.15) is 11.5 Å². The van der Waals surface area contributed by atoms with E-state index < -0.39 is 9.84 Å². The number of benzene rings is 4. The van der Waals surface area contributed by atoms with E-state index in [-0.39, 0.29) is 23.0 Å². The topological polar surface area (TPSA) is 72.5 Å². The third-order valence-electron chi connectivity index (χ3n) is 5.47. The zero-order valence-corrected chi connectivity index (χ0v) is 21.7. The molecule has 0 aliphatic rings. The van der Waals surface area contributed by atoms with Gasteiger partial charge in [0.2, 0.25) is 5.91 Å². The number of carbonyl (C=O) groups is 1. The lowest BCUT2D eigenvalue weighted by Gasteiger charge is -2.14. The standard InChI is InChI=1S/C28H23Cl2NO4S/c1-2-36(33,34)25-13-6-19(7-14-25)16-28(32)31-23-10-15-26(20-4-3-5-22(30)17-20)27(18-23)35-24-11-8-21(29)9-12-24/h3-15,17-18H,2,16H2,1H3,(H,31,32). The predicted octanol–water partition coefficient (Wildman–Crippen LogP) is 7.43. The highest BCUT2D eigenvalue weighted by atomic mass is 35.5. The highest BCUT2D eigenvalue weighted by molar-refractivity contribution is 7.91. The maximum Gasteiger partial charge on any atom is 0.228 e. The number of anilines is 1. The lowest BCUT2D eigenvalue weighted by atomic mass is 10.0. The van der Waals surface area contributed by atoms with Crippen LogP contribution in [0.25, 0.3) is 11.1 Å². The van der Waals surface area contributed by atoms with Crippen molar-refractivity contribution >= 4 is 44.6 Å². The highest BCUT2D eigenvalue weighted by Crippen LogP contribution is 2.37. The molecular weight excluding hydrogens is 517 g/mol. The zero-order valence-electron chi connectivity index (χ0n) is 19.4. The largest absolute Gasteiger partial charge is 0.457 e. The minimum atomic E-state index is -3.28. The summed E-state index contributed by atoms with van der Waals surface area (Å²) in [6.45, 7) is 1.60. The normalized spacial score (nSPS) is 11.2. The zero-order chi connectivity index (χ0) is 25.7. The third kappa shape index (κ3) is 6.46. The van der Waals surface area contributed by atoms with Crippen LogP contribution in [0.1, 0.15) is 12.5 Å². The van der Waals surface area contributed by atoms with Gasteiger partial charge in [-0.2, -0.15) is 0 Å². The van der Waals surface area contributed by atoms with Crippen LogP contribution in [0.4, 0.5) is 5.69 Å². The van der Waals surface area contributed by atoms with Crippen molar-refractivity contribution < 1.29 is 17.9 Å². The van der Waals surface area contributed by atoms with Crippen molar-refractivity contribution in [3.63, 3.8) is 0 Å². The molecule has 4 aromatic rings. The van der Waals surface area contributed by atoms with Crippen molar-refractivity contribution in [2.75, 3.05) is 11.1 Å². The molecule has 0 aliphatic heterocycles. The first-order valence-corrected chi connectivity index (χ1v) is 13.6. The van der Waals surface area contributed by atoms with Crippen LogP contribution in [0.5, 0.6) is 11.5 Å². The van der Waals surface area contributed by atoms with Gasteiger partial charge in [0.25, 0.3) is 0 Å². The number of hydrogen-bond acceptors (Lipinski definition) is 4. The van der Waals surface area contributed by atoms with Gasteiger partial charge in [-0.05, 0) is 71.8 Å². The molecule has 5 nitrogen and oxygen atoms in total. The number of nitrogens with one attached hydrogen (secondary N) is 1. The minimum absolute atomic E-state index is 0.0262. The van der Waals surface area contributed by atoms with Crippen LogP contribution < -0.4 is 10.1 Å². The first-order chi connectivity index (χ1) is 17.2. The van der Waals surface area contributed by atoms with Crippen LogP contribution in [0.2, 0.25) is 10.0 Å². The average Bonchev–Trinajstić information content (AvgIpc) is 2.86. The Hall–Kier alpha value is -3.32. The van der Waals surface area contributed by atoms with Crippen LogP contribution in [0, 0.1) is 0 Å². The summed E-state index contributed by atoms with van der Waals surface area (Å²) >= 11 is 12.2. The summed E-state index contributed by atoms with van der Waals surface area (Å²) in [5.41, 5.74) is 2.93. The number of ether oxygens (including phenoxy) is 1. The molecule has 184 valence electrons. The Morgan fingerprint density at radius 3 is 2.25 bits per heavy atom. The average molecular weight is 540 g/mol. The van der Waals surface area contributed by atoms with E-state index >= 15 is 0 Å². The fourth-order valence-corrected chi connectivity index (χ4v) is 4.78. The van der Waals surface area contributed by atoms with E-state index in [1.54, 1.807) is 61.5 Å². The van der Waals surface area contributed by atoms with Crippen molar-refractivity contribution in [3.05, 3.63) is 107 Å². The Morgan fingerprint density at radius 2 is 1.58 bits per heavy atom. The third-order valence-corrected chi connectivity index (χ3v) is 7.71. The molecule has 0 atom stereocenters. The maximum atomic E-state index is 12.7. The Kier molecular flexibility index (Phi) is 7.99. The molecular formula is C28H23Cl2NO4S. The summed E-state index contributed by atoms with van der Waals surface area (Å²) in [7, 11) is -3.28. The van der Waals surface area contributed by atoms with E-state index in [9.17, 15) is 13.2 Å². The predicted molar refractivity (Wildman–Crippen MR) is 145 cm³/mol. The Balaban J connectivity index is 1.56. The number of halogens is 2. The summed E-state index contributed by atoms with van der Waals surface area (Å²) < 4.78 is 30.1. The number of rotatable bonds is 8. The Morgan fingerprint density at radius 1 is 0.861 bits per heavy atom. The lowest BCUT2D eigenvalue weighted by molar-refractivity contribution is -0.115. The summed E-state index contributed by atoms with van der Waals surface area (Å²) in [6, 6.07) is 26.2. The fraction of sp³-hybridized carbons (Fsp3) is 0.107. The first-order valence-electron chi connectivity index (χ1n) is 11.2. The molecule has 0 bridgehead atoms. The lowest BCUT2D eigenvalue weighted by Crippen LogP contribution is -2.14. The fourth-order valence-electron chi connectivity index (χ4n) is 3.58. The Labute approximate surface area is 220 Å². The molecule has 1 amide bonds. The van der Waals surface area contributed by atoms with E-state index in [2.05, 4.69) is 5.32 Å². The molecule has 0 radical (unpaired) electrons. The summed E-state index contributed by atoms with van der Waals surface area (Å²) in [4.78, 5) is 13.0. The molecule has 0 spiro atoms. The van der Waals surface area contributed by atoms with Crippen molar-refractivity contribution in [2.45, 2.75) is 18.2 Å². The molecule has 4 aromatic carbocycles. The minimum Gasteiger partial charge on any atom is -0.457 e. The monoisotopic (exact) mass is 539 g/mol. The molecule has 0 heterocycles. The molecule has 0 saturated heterocycles. The quantitative estimate of drug-likeness (QED) is 0.252. The van der Waals surface area contributed by atoms with Gasteiger partial charge in [0.05, 0.1) is 17.1 Å². The van der Waals surface area contributed by atoms with Gasteiger partial charge in [-0.15, -0.1) is 0 Å². The Bertz CT molecular complexity index is 1490. The highest BCUT2D eigenvalue weighted by Gasteiger charge is 2.14. The van der Waals surface area contributed by atoms with Crippen LogP contribution >= 0.6 is 23.2 Å². The molecule has 0 unspecified atom stereocenters. The van der Waals surface area contributed by atoms with Gasteiger partial charge < -0.3 is 10.1 Å². The number of carbonyl (C=O) groups excluding carboxylic acids is 1. The number of amides is 1. The summed E-state index contributed by atoms with van der Waals surface area (Å²) in [5.74, 6) is 0.909. The second-order valence-electron chi connectivity index (χ2n) is 8.05. The van der Waals surface area contributed by atoms with E-state index in [4.69, 9.17) is 27.9 Å². The summed E-state index contributed by atoms with van der Waals surface area (Å²) in [5, 5.41) is 4.08. The van der Waals surface area contributed by atoms with Gasteiger partial charge in [-0.3, -0.25) is 4.79 Å². The number of sulfone groups is 1. The smallest absolute Gasteiger partial charge is 0.228 e. The second kappa shape index (κ2) is 11.2. The van der Waals surface area contributed by atoms with Crippen molar-refractivity contribution in [1.82, 2.24) is 0 Å². The van der Waals surface area contributed by atoms with Crippen LogP contribution in [0.15, 0.2) is 95.9 Å². The van der Waals surface area contributed by atoms with Gasteiger partial charge in [0.15, 0.2) is 9.84 Å². The molecule has 0 fully saturated rings. The van der Waals surface area contributed by atoms with Crippen LogP contribution in [0.3, 0.4) is 0 Å². The van der Waals surface area contributed by atoms with E-state index in [1.807, 2.05) is 24.3 Å². The van der Waals surface area contributed by atoms with Crippen molar-refractivity contribution in [2.24, 2.45) is 0 Å². The number of hydrogen-bond donors (Lipinski definition) is 1. The van der Waals surface area contributed by atoms with Crippen LogP contribution in [-0.4, -0.2) is 20.1 Å². The van der Waals surface area contributed by atoms with Gasteiger partial charge >= 0.3 is 0 Å². The van der Waals surface area contributed by atoms with Crippen LogP contribution in [-0.2, 0) is 21.1 Å². The molecule has 0 aromatic heterocycles. The van der Waals surface area contributed by atoms with Crippen molar-refractivity contribution in [1.29, 1.82) is 0 Å². The molecule has 0 aliphatic carbocycles. The van der Waals surface area contributed by atoms with Gasteiger partial charge in [-0.1, -0.05) is 54.4 Å². The van der Waals surface area contributed by atoms with Gasteiger partial charge in [-0.25, -0.2) is 8.42 Å². The maximum absolute atomic E-state index is 12.7. The van der Waals surface area contributed by atoms with E-state index in [0.717, 1.165) is 11.1 Å². The molecule has 36 heavy (non-hydrogen) atoms. The van der Waals surface area contributed by atoms with E-state index in [0.29, 0.717) is 32.8 Å². The molecule has 4 rings (SSSR count). The second-order valence-corrected chi connectivity index (χ2v) is 11.2. The molecule has 0 saturated carbocycles.